The van der Waals surface area contributed by atoms with Crippen molar-refractivity contribution in [2.24, 2.45) is 11.7 Å². The number of thioether (sulfide) groups is 1. The van der Waals surface area contributed by atoms with Gasteiger partial charge < -0.3 is 11.1 Å². The summed E-state index contributed by atoms with van der Waals surface area (Å²) in [6, 6.07) is 6.11. The third-order valence-electron chi connectivity index (χ3n) is 5.20. The van der Waals surface area contributed by atoms with Gasteiger partial charge in [-0.15, -0.1) is 0 Å². The van der Waals surface area contributed by atoms with E-state index in [4.69, 9.17) is 10.6 Å². The number of hydrogen-bond donors (Lipinski definition) is 2. The van der Waals surface area contributed by atoms with E-state index in [1.165, 1.54) is 0 Å². The number of anilines is 1. The van der Waals surface area contributed by atoms with E-state index in [0.29, 0.717) is 0 Å². The maximum absolute atomic E-state index is 13.1. The van der Waals surface area contributed by atoms with E-state index >= 15 is 0 Å². The minimum absolute atomic E-state index is 0.0290. The molecule has 1 fully saturated rings. The molecular formula is C19H25N3O2S. The lowest BCUT2D eigenvalue weighted by atomic mass is 9.86. The number of benzene rings is 1. The van der Waals surface area contributed by atoms with Gasteiger partial charge in [0.1, 0.15) is 0 Å². The smallest absolute Gasteiger partial charge is 0.259 e. The Labute approximate surface area is 152 Å². The second-order valence-corrected chi connectivity index (χ2v) is 8.08. The lowest BCUT2D eigenvalue weighted by Gasteiger charge is -2.39. The Morgan fingerprint density at radius 1 is 1.36 bits per heavy atom. The molecule has 134 valence electrons. The van der Waals surface area contributed by atoms with E-state index in [1.54, 1.807) is 16.8 Å². The quantitative estimate of drug-likeness (QED) is 0.868. The van der Waals surface area contributed by atoms with Crippen molar-refractivity contribution < 1.29 is 9.63 Å². The Morgan fingerprint density at radius 2 is 2.16 bits per heavy atom. The van der Waals surface area contributed by atoms with Crippen LogP contribution in [-0.2, 0) is 9.63 Å². The van der Waals surface area contributed by atoms with Crippen molar-refractivity contribution in [3.63, 3.8) is 0 Å². The lowest BCUT2D eigenvalue weighted by Crippen LogP contribution is -2.46. The number of rotatable bonds is 3. The van der Waals surface area contributed by atoms with Crippen molar-refractivity contribution in [2.75, 3.05) is 29.7 Å². The number of nitrogens with two attached hydrogens (primary N) is 1. The third kappa shape index (κ3) is 3.24. The Balaban J connectivity index is 1.73. The predicted octanol–water partition coefficient (Wildman–Crippen LogP) is 2.48. The van der Waals surface area contributed by atoms with Gasteiger partial charge in [-0.25, -0.2) is 0 Å². The number of fused-ring (bicyclic) bond motifs is 3. The van der Waals surface area contributed by atoms with Crippen LogP contribution >= 0.6 is 11.8 Å². The fourth-order valence-corrected chi connectivity index (χ4v) is 4.72. The molecule has 0 bridgehead atoms. The number of nitrogens with zero attached hydrogens (tertiary/aromatic N) is 1. The second kappa shape index (κ2) is 7.11. The van der Waals surface area contributed by atoms with Crippen LogP contribution in [0.2, 0.25) is 0 Å². The first-order valence-electron chi connectivity index (χ1n) is 9.04. The van der Waals surface area contributed by atoms with Crippen LogP contribution in [0.4, 0.5) is 5.69 Å². The summed E-state index contributed by atoms with van der Waals surface area (Å²) in [7, 11) is 0. The number of piperidine rings is 1. The minimum Gasteiger partial charge on any atom is -0.324 e. The topological polar surface area (TPSA) is 67.6 Å². The molecule has 5 nitrogen and oxygen atoms in total. The van der Waals surface area contributed by atoms with Gasteiger partial charge in [-0.05, 0) is 56.1 Å². The SMILES string of the molecule is CC(N)c1ccc2c(c1)C1=CCSCC1C(=O)N2OC1CCNCC1. The van der Waals surface area contributed by atoms with Crippen molar-refractivity contribution in [1.29, 1.82) is 0 Å². The average molecular weight is 359 g/mol. The monoisotopic (exact) mass is 359 g/mol. The van der Waals surface area contributed by atoms with Crippen LogP contribution < -0.4 is 16.1 Å². The van der Waals surface area contributed by atoms with Gasteiger partial charge in [0.05, 0.1) is 17.7 Å². The first-order chi connectivity index (χ1) is 12.1. The fourth-order valence-electron chi connectivity index (χ4n) is 3.73. The Morgan fingerprint density at radius 3 is 2.92 bits per heavy atom. The molecule has 2 atom stereocenters. The van der Waals surface area contributed by atoms with E-state index in [-0.39, 0.29) is 24.0 Å². The van der Waals surface area contributed by atoms with E-state index < -0.39 is 0 Å². The highest BCUT2D eigenvalue weighted by molar-refractivity contribution is 7.99. The minimum atomic E-state index is -0.115. The summed E-state index contributed by atoms with van der Waals surface area (Å²) in [4.78, 5) is 19.3. The molecule has 1 amide bonds. The van der Waals surface area contributed by atoms with Gasteiger partial charge in [-0.3, -0.25) is 9.63 Å². The largest absolute Gasteiger partial charge is 0.324 e. The lowest BCUT2D eigenvalue weighted by molar-refractivity contribution is -0.131. The summed E-state index contributed by atoms with van der Waals surface area (Å²) in [5.41, 5.74) is 10.3. The van der Waals surface area contributed by atoms with Gasteiger partial charge in [0.15, 0.2) is 0 Å². The summed E-state index contributed by atoms with van der Waals surface area (Å²) in [5, 5.41) is 4.91. The van der Waals surface area contributed by atoms with Crippen molar-refractivity contribution in [3.8, 4) is 0 Å². The number of nitrogens with one attached hydrogen (secondary N) is 1. The highest BCUT2D eigenvalue weighted by Crippen LogP contribution is 2.43. The van der Waals surface area contributed by atoms with E-state index in [2.05, 4.69) is 17.5 Å². The summed E-state index contributed by atoms with van der Waals surface area (Å²) in [6.07, 6.45) is 4.15. The van der Waals surface area contributed by atoms with Gasteiger partial charge >= 0.3 is 0 Å². The molecule has 0 radical (unpaired) electrons. The molecule has 3 heterocycles. The highest BCUT2D eigenvalue weighted by Gasteiger charge is 2.39. The molecule has 1 saturated heterocycles. The number of carbonyl (C=O) groups excluding carboxylic acids is 1. The van der Waals surface area contributed by atoms with Gasteiger partial charge in [0, 0.05) is 23.1 Å². The molecule has 3 N–H and O–H groups in total. The first kappa shape index (κ1) is 17.1. The number of hydroxylamine groups is 1. The molecule has 3 aliphatic heterocycles. The maximum Gasteiger partial charge on any atom is 0.259 e. The zero-order valence-corrected chi connectivity index (χ0v) is 15.3. The van der Waals surface area contributed by atoms with Crippen LogP contribution in [0, 0.1) is 5.92 Å². The van der Waals surface area contributed by atoms with Crippen molar-refractivity contribution in [3.05, 3.63) is 35.4 Å². The number of amides is 1. The molecule has 0 spiro atoms. The van der Waals surface area contributed by atoms with Crippen LogP contribution in [0.5, 0.6) is 0 Å². The zero-order chi connectivity index (χ0) is 17.4. The van der Waals surface area contributed by atoms with E-state index in [9.17, 15) is 4.79 Å². The average Bonchev–Trinajstić information content (AvgIpc) is 2.65. The van der Waals surface area contributed by atoms with Crippen molar-refractivity contribution in [2.45, 2.75) is 31.9 Å². The molecule has 25 heavy (non-hydrogen) atoms. The number of carbonyl (C=O) groups is 1. The molecule has 3 aliphatic rings. The third-order valence-corrected chi connectivity index (χ3v) is 6.17. The molecule has 0 aliphatic carbocycles. The van der Waals surface area contributed by atoms with E-state index in [1.807, 2.05) is 19.1 Å². The summed E-state index contributed by atoms with van der Waals surface area (Å²) < 4.78 is 0. The van der Waals surface area contributed by atoms with Crippen LogP contribution in [0.25, 0.3) is 5.57 Å². The Bertz CT molecular complexity index is 698. The molecule has 0 aromatic heterocycles. The Hall–Kier alpha value is -1.34. The normalized spacial score (nSPS) is 25.2. The van der Waals surface area contributed by atoms with E-state index in [0.717, 1.165) is 59.8 Å². The first-order valence-corrected chi connectivity index (χ1v) is 10.2. The zero-order valence-electron chi connectivity index (χ0n) is 14.5. The molecule has 1 aromatic rings. The molecule has 2 unspecified atom stereocenters. The second-order valence-electron chi connectivity index (χ2n) is 7.00. The molecule has 0 saturated carbocycles. The van der Waals surface area contributed by atoms with Gasteiger partial charge in [-0.2, -0.15) is 16.8 Å². The van der Waals surface area contributed by atoms with Crippen molar-refractivity contribution >= 4 is 28.9 Å². The van der Waals surface area contributed by atoms with Crippen LogP contribution in [0.15, 0.2) is 24.3 Å². The molecular weight excluding hydrogens is 334 g/mol. The fraction of sp³-hybridized carbons (Fsp3) is 0.526. The van der Waals surface area contributed by atoms with Gasteiger partial charge in [-0.1, -0.05) is 12.1 Å². The van der Waals surface area contributed by atoms with Gasteiger partial charge in [0.25, 0.3) is 5.91 Å². The van der Waals surface area contributed by atoms with Crippen LogP contribution in [0.3, 0.4) is 0 Å². The molecule has 1 aromatic carbocycles. The van der Waals surface area contributed by atoms with Gasteiger partial charge in [0.2, 0.25) is 0 Å². The summed E-state index contributed by atoms with van der Waals surface area (Å²) in [5.74, 6) is 1.73. The predicted molar refractivity (Wildman–Crippen MR) is 102 cm³/mol. The maximum atomic E-state index is 13.1. The summed E-state index contributed by atoms with van der Waals surface area (Å²) in [6.45, 7) is 3.86. The Kier molecular flexibility index (Phi) is 4.86. The molecule has 4 rings (SSSR count). The van der Waals surface area contributed by atoms with Crippen molar-refractivity contribution in [1.82, 2.24) is 5.32 Å². The highest BCUT2D eigenvalue weighted by atomic mass is 32.2. The van der Waals surface area contributed by atoms with Crippen LogP contribution in [0.1, 0.15) is 36.9 Å². The number of hydrogen-bond acceptors (Lipinski definition) is 5. The standard InChI is InChI=1S/C19H25N3O2S/c1-12(20)13-2-3-18-16(10-13)15-6-9-25-11-17(15)19(23)22(18)24-14-4-7-21-8-5-14/h2-3,6,10,12,14,17,21H,4-5,7-9,11,20H2,1H3. The van der Waals surface area contributed by atoms with Crippen LogP contribution in [-0.4, -0.2) is 36.6 Å². The summed E-state index contributed by atoms with van der Waals surface area (Å²) >= 11 is 1.80. The molecule has 6 heteroatoms.